The molecule has 7 heteroatoms. The number of carbonyl (C=O) groups excluding carboxylic acids is 2. The van der Waals surface area contributed by atoms with Gasteiger partial charge >= 0.3 is 0 Å². The highest BCUT2D eigenvalue weighted by atomic mass is 35.5. The number of hydrogen-bond donors (Lipinski definition) is 2. The third-order valence-electron chi connectivity index (χ3n) is 5.85. The fourth-order valence-corrected chi connectivity index (χ4v) is 4.81. The molecule has 1 aliphatic rings. The molecule has 0 radical (unpaired) electrons. The Morgan fingerprint density at radius 1 is 0.939 bits per heavy atom. The van der Waals surface area contributed by atoms with Crippen molar-refractivity contribution in [1.29, 1.82) is 0 Å². The number of nitrogens with zero attached hydrogens (tertiary/aromatic N) is 1. The molecule has 1 aromatic heterocycles. The Morgan fingerprint density at radius 2 is 1.64 bits per heavy atom. The standard InChI is InChI=1S/C26H18Cl2N2O3/c1-14-21(19-10-2-3-11-20(19)29-14)23-22(24(31)15-6-4-7-16(27)12-15)25(32)26(33)30(23)18-9-5-8-17(28)13-18/h2-13,23,29,31H,1H3/b24-22+. The summed E-state index contributed by atoms with van der Waals surface area (Å²) in [5, 5.41) is 13.0. The molecule has 4 aromatic rings. The number of aromatic nitrogens is 1. The van der Waals surface area contributed by atoms with Gasteiger partial charge in [0.15, 0.2) is 0 Å². The number of rotatable bonds is 3. The molecule has 1 amide bonds. The number of aromatic amines is 1. The second kappa shape index (κ2) is 8.10. The van der Waals surface area contributed by atoms with Gasteiger partial charge in [-0.3, -0.25) is 14.5 Å². The minimum atomic E-state index is -0.862. The normalized spacial score (nSPS) is 17.8. The number of anilines is 1. The summed E-state index contributed by atoms with van der Waals surface area (Å²) >= 11 is 12.3. The van der Waals surface area contributed by atoms with E-state index in [9.17, 15) is 14.7 Å². The van der Waals surface area contributed by atoms with Crippen molar-refractivity contribution in [2.24, 2.45) is 0 Å². The van der Waals surface area contributed by atoms with Crippen LogP contribution in [0.4, 0.5) is 5.69 Å². The van der Waals surface area contributed by atoms with E-state index in [0.29, 0.717) is 21.3 Å². The second-order valence-corrected chi connectivity index (χ2v) is 8.74. The molecule has 0 spiro atoms. The van der Waals surface area contributed by atoms with Gasteiger partial charge in [-0.1, -0.05) is 59.6 Å². The van der Waals surface area contributed by atoms with E-state index in [1.807, 2.05) is 31.2 Å². The molecule has 2 N–H and O–H groups in total. The van der Waals surface area contributed by atoms with Crippen LogP contribution in [0.3, 0.4) is 0 Å². The summed E-state index contributed by atoms with van der Waals surface area (Å²) in [7, 11) is 0. The van der Waals surface area contributed by atoms with Gasteiger partial charge in [0.1, 0.15) is 5.76 Å². The van der Waals surface area contributed by atoms with E-state index in [1.165, 1.54) is 4.90 Å². The lowest BCUT2D eigenvalue weighted by atomic mass is 9.93. The van der Waals surface area contributed by atoms with Gasteiger partial charge in [0.25, 0.3) is 11.7 Å². The lowest BCUT2D eigenvalue weighted by Gasteiger charge is -2.26. The van der Waals surface area contributed by atoms with Crippen molar-refractivity contribution < 1.29 is 14.7 Å². The lowest BCUT2D eigenvalue weighted by molar-refractivity contribution is -0.132. The van der Waals surface area contributed by atoms with E-state index in [4.69, 9.17) is 23.2 Å². The third-order valence-corrected chi connectivity index (χ3v) is 6.32. The van der Waals surface area contributed by atoms with E-state index in [1.54, 1.807) is 48.5 Å². The first-order valence-electron chi connectivity index (χ1n) is 10.3. The maximum absolute atomic E-state index is 13.3. The van der Waals surface area contributed by atoms with Crippen LogP contribution in [0.25, 0.3) is 16.7 Å². The predicted molar refractivity (Wildman–Crippen MR) is 131 cm³/mol. The summed E-state index contributed by atoms with van der Waals surface area (Å²) in [5.41, 5.74) is 3.19. The molecule has 1 atom stereocenters. The Kier molecular flexibility index (Phi) is 5.23. The van der Waals surface area contributed by atoms with Crippen LogP contribution in [-0.4, -0.2) is 21.8 Å². The number of benzene rings is 3. The Morgan fingerprint density at radius 3 is 2.36 bits per heavy atom. The zero-order chi connectivity index (χ0) is 23.3. The number of aryl methyl sites for hydroxylation is 1. The molecular formula is C26H18Cl2N2O3. The molecule has 5 nitrogen and oxygen atoms in total. The number of aliphatic hydroxyl groups is 1. The van der Waals surface area contributed by atoms with Crippen LogP contribution in [0.2, 0.25) is 10.0 Å². The number of ketones is 1. The van der Waals surface area contributed by atoms with Gasteiger partial charge in [-0.15, -0.1) is 0 Å². The maximum Gasteiger partial charge on any atom is 0.300 e. The Hall–Kier alpha value is -3.54. The Balaban J connectivity index is 1.83. The van der Waals surface area contributed by atoms with Crippen molar-refractivity contribution in [3.8, 4) is 0 Å². The Bertz CT molecular complexity index is 1470. The highest BCUT2D eigenvalue weighted by molar-refractivity contribution is 6.52. The van der Waals surface area contributed by atoms with Crippen LogP contribution in [0, 0.1) is 6.92 Å². The summed E-state index contributed by atoms with van der Waals surface area (Å²) < 4.78 is 0. The zero-order valence-corrected chi connectivity index (χ0v) is 19.0. The van der Waals surface area contributed by atoms with Crippen LogP contribution in [-0.2, 0) is 9.59 Å². The van der Waals surface area contributed by atoms with Gasteiger partial charge in [0.2, 0.25) is 0 Å². The number of fused-ring (bicyclic) bond motifs is 1. The Labute approximate surface area is 199 Å². The zero-order valence-electron chi connectivity index (χ0n) is 17.5. The number of halogens is 2. The average Bonchev–Trinajstić information content (AvgIpc) is 3.25. The number of hydrogen-bond acceptors (Lipinski definition) is 3. The van der Waals surface area contributed by atoms with Crippen molar-refractivity contribution in [2.45, 2.75) is 13.0 Å². The predicted octanol–water partition coefficient (Wildman–Crippen LogP) is 6.41. The van der Waals surface area contributed by atoms with E-state index in [2.05, 4.69) is 4.98 Å². The number of Topliss-reactive ketones (excluding diaryl/α,β-unsaturated/α-hetero) is 1. The van der Waals surface area contributed by atoms with E-state index < -0.39 is 17.7 Å². The van der Waals surface area contributed by atoms with Crippen LogP contribution in [0.1, 0.15) is 22.9 Å². The molecule has 0 saturated carbocycles. The molecule has 0 bridgehead atoms. The fraction of sp³-hybridized carbons (Fsp3) is 0.0769. The maximum atomic E-state index is 13.3. The summed E-state index contributed by atoms with van der Waals surface area (Å²) in [4.78, 5) is 31.4. The minimum Gasteiger partial charge on any atom is -0.507 e. The quantitative estimate of drug-likeness (QED) is 0.204. The SMILES string of the molecule is Cc1[nH]c2ccccc2c1C1/C(=C(\O)c2cccc(Cl)c2)C(=O)C(=O)N1c1cccc(Cl)c1. The number of carbonyl (C=O) groups is 2. The molecule has 2 heterocycles. The average molecular weight is 477 g/mol. The summed E-state index contributed by atoms with van der Waals surface area (Å²) in [6.45, 7) is 1.88. The number of para-hydroxylation sites is 1. The topological polar surface area (TPSA) is 73.4 Å². The van der Waals surface area contributed by atoms with Crippen molar-refractivity contribution in [1.82, 2.24) is 4.98 Å². The van der Waals surface area contributed by atoms with E-state index in [0.717, 1.165) is 22.2 Å². The summed E-state index contributed by atoms with van der Waals surface area (Å²) in [6, 6.07) is 20.1. The molecule has 1 aliphatic heterocycles. The van der Waals surface area contributed by atoms with Crippen LogP contribution < -0.4 is 4.90 Å². The van der Waals surface area contributed by atoms with Crippen LogP contribution in [0.15, 0.2) is 78.4 Å². The first-order chi connectivity index (χ1) is 15.9. The molecule has 3 aromatic carbocycles. The molecule has 5 rings (SSSR count). The monoisotopic (exact) mass is 476 g/mol. The van der Waals surface area contributed by atoms with Gasteiger partial charge < -0.3 is 10.1 Å². The van der Waals surface area contributed by atoms with Crippen LogP contribution in [0.5, 0.6) is 0 Å². The van der Waals surface area contributed by atoms with Gasteiger partial charge in [-0.05, 0) is 43.3 Å². The number of nitrogens with one attached hydrogen (secondary N) is 1. The number of amides is 1. The van der Waals surface area contributed by atoms with Crippen molar-refractivity contribution in [3.63, 3.8) is 0 Å². The minimum absolute atomic E-state index is 0.00454. The number of aliphatic hydroxyl groups excluding tert-OH is 1. The van der Waals surface area contributed by atoms with Gasteiger partial charge in [-0.2, -0.15) is 0 Å². The van der Waals surface area contributed by atoms with Crippen molar-refractivity contribution >= 4 is 57.2 Å². The highest BCUT2D eigenvalue weighted by Crippen LogP contribution is 2.45. The molecule has 33 heavy (non-hydrogen) atoms. The number of H-pyrrole nitrogens is 1. The van der Waals surface area contributed by atoms with Gasteiger partial charge in [0.05, 0.1) is 11.6 Å². The summed E-state index contributed by atoms with van der Waals surface area (Å²) in [5.74, 6) is -1.80. The third kappa shape index (κ3) is 3.50. The van der Waals surface area contributed by atoms with Gasteiger partial charge in [0, 0.05) is 43.5 Å². The smallest absolute Gasteiger partial charge is 0.300 e. The molecule has 1 unspecified atom stereocenters. The van der Waals surface area contributed by atoms with Crippen molar-refractivity contribution in [2.75, 3.05) is 4.90 Å². The molecule has 0 aliphatic carbocycles. The molecular weight excluding hydrogens is 459 g/mol. The first-order valence-corrected chi connectivity index (χ1v) is 11.0. The first kappa shape index (κ1) is 21.3. The molecule has 1 fully saturated rings. The van der Waals surface area contributed by atoms with E-state index in [-0.39, 0.29) is 11.3 Å². The van der Waals surface area contributed by atoms with Crippen molar-refractivity contribution in [3.05, 3.63) is 105 Å². The summed E-state index contributed by atoms with van der Waals surface area (Å²) in [6.07, 6.45) is 0. The van der Waals surface area contributed by atoms with E-state index >= 15 is 0 Å². The molecule has 1 saturated heterocycles. The molecule has 164 valence electrons. The fourth-order valence-electron chi connectivity index (χ4n) is 4.44. The largest absolute Gasteiger partial charge is 0.507 e. The van der Waals surface area contributed by atoms with Gasteiger partial charge in [-0.25, -0.2) is 0 Å². The second-order valence-electron chi connectivity index (χ2n) is 7.87. The highest BCUT2D eigenvalue weighted by Gasteiger charge is 2.48. The van der Waals surface area contributed by atoms with Crippen LogP contribution >= 0.6 is 23.2 Å². The lowest BCUT2D eigenvalue weighted by Crippen LogP contribution is -2.29.